The molecular weight excluding hydrogens is 358 g/mol. The van der Waals surface area contributed by atoms with Crippen molar-refractivity contribution in [1.82, 2.24) is 5.48 Å². The number of hydrogen-bond acceptors (Lipinski definition) is 9. The molecule has 0 aliphatic heterocycles. The number of carbonyl (C=O) groups is 3. The lowest BCUT2D eigenvalue weighted by atomic mass is 9.92. The van der Waals surface area contributed by atoms with Crippen LogP contribution >= 0.6 is 0 Å². The molecular formula is C18H33NO8. The van der Waals surface area contributed by atoms with Crippen molar-refractivity contribution < 1.29 is 38.2 Å². The van der Waals surface area contributed by atoms with Crippen molar-refractivity contribution in [2.24, 2.45) is 0 Å². The molecule has 27 heavy (non-hydrogen) atoms. The molecule has 0 aromatic heterocycles. The fourth-order valence-corrected chi connectivity index (χ4v) is 2.30. The van der Waals surface area contributed by atoms with Crippen LogP contribution in [0.5, 0.6) is 0 Å². The van der Waals surface area contributed by atoms with Gasteiger partial charge in [-0.3, -0.25) is 9.59 Å². The first-order valence-electron chi connectivity index (χ1n) is 8.66. The third-order valence-electron chi connectivity index (χ3n) is 3.59. The zero-order chi connectivity index (χ0) is 21.3. The maximum absolute atomic E-state index is 12.6. The zero-order valence-electron chi connectivity index (χ0n) is 17.6. The lowest BCUT2D eigenvalue weighted by Gasteiger charge is -2.38. The van der Waals surface area contributed by atoms with Gasteiger partial charge in [0.2, 0.25) is 0 Å². The van der Waals surface area contributed by atoms with Gasteiger partial charge < -0.3 is 23.8 Å². The number of methoxy groups -OCH3 is 2. The van der Waals surface area contributed by atoms with Crippen LogP contribution in [0.25, 0.3) is 0 Å². The van der Waals surface area contributed by atoms with Gasteiger partial charge in [-0.2, -0.15) is 5.48 Å². The zero-order valence-corrected chi connectivity index (χ0v) is 17.6. The molecule has 0 aliphatic carbocycles. The number of esters is 2. The number of nitrogens with one attached hydrogen (secondary N) is 1. The number of ether oxygens (including phenoxy) is 4. The van der Waals surface area contributed by atoms with Gasteiger partial charge in [-0.1, -0.05) is 0 Å². The van der Waals surface area contributed by atoms with Crippen molar-refractivity contribution >= 4 is 17.9 Å². The van der Waals surface area contributed by atoms with E-state index in [2.05, 4.69) is 15.0 Å². The van der Waals surface area contributed by atoms with E-state index in [0.717, 1.165) is 0 Å². The van der Waals surface area contributed by atoms with Crippen molar-refractivity contribution in [3.8, 4) is 0 Å². The minimum atomic E-state index is -1.91. The van der Waals surface area contributed by atoms with Crippen molar-refractivity contribution in [2.45, 2.75) is 70.7 Å². The highest BCUT2D eigenvalue weighted by Gasteiger charge is 2.50. The topological polar surface area (TPSA) is 109 Å². The summed E-state index contributed by atoms with van der Waals surface area (Å²) >= 11 is 0. The molecule has 9 heteroatoms. The summed E-state index contributed by atoms with van der Waals surface area (Å²) in [6.45, 7) is 9.58. The Morgan fingerprint density at radius 2 is 1.37 bits per heavy atom. The molecule has 0 amide bonds. The van der Waals surface area contributed by atoms with Crippen molar-refractivity contribution in [3.05, 3.63) is 0 Å². The molecule has 0 saturated heterocycles. The van der Waals surface area contributed by atoms with E-state index in [1.54, 1.807) is 13.8 Å². The van der Waals surface area contributed by atoms with Gasteiger partial charge in [-0.15, -0.1) is 0 Å². The predicted octanol–water partition coefficient (Wildman–Crippen LogP) is 1.53. The molecule has 0 saturated carbocycles. The second-order valence-electron chi connectivity index (χ2n) is 7.67. The van der Waals surface area contributed by atoms with E-state index in [-0.39, 0.29) is 5.60 Å². The summed E-state index contributed by atoms with van der Waals surface area (Å²) in [6, 6.07) is 0. The third-order valence-corrected chi connectivity index (χ3v) is 3.59. The van der Waals surface area contributed by atoms with E-state index in [4.69, 9.17) is 14.3 Å². The van der Waals surface area contributed by atoms with Crippen LogP contribution in [0, 0.1) is 0 Å². The smallest absolute Gasteiger partial charge is 0.358 e. The van der Waals surface area contributed by atoms with Gasteiger partial charge in [0, 0.05) is 13.7 Å². The van der Waals surface area contributed by atoms with Gasteiger partial charge in [0.05, 0.1) is 38.3 Å². The Kier molecular flexibility index (Phi) is 9.91. The Bertz CT molecular complexity index is 492. The molecule has 1 N–H and O–H groups in total. The Labute approximate surface area is 160 Å². The predicted molar refractivity (Wildman–Crippen MR) is 96.6 cm³/mol. The van der Waals surface area contributed by atoms with Crippen LogP contribution in [0.4, 0.5) is 0 Å². The van der Waals surface area contributed by atoms with Crippen LogP contribution in [-0.4, -0.2) is 62.6 Å². The number of hydrogen-bond donors (Lipinski definition) is 1. The maximum atomic E-state index is 12.6. The van der Waals surface area contributed by atoms with E-state index in [0.29, 0.717) is 13.0 Å². The van der Waals surface area contributed by atoms with E-state index in [9.17, 15) is 14.4 Å². The molecule has 0 unspecified atom stereocenters. The Hall–Kier alpha value is -1.71. The summed E-state index contributed by atoms with van der Waals surface area (Å²) in [5.41, 5.74) is -0.916. The Balaban J connectivity index is 5.64. The lowest BCUT2D eigenvalue weighted by molar-refractivity contribution is -0.210. The minimum Gasteiger partial charge on any atom is -0.469 e. The summed E-state index contributed by atoms with van der Waals surface area (Å²) in [4.78, 5) is 41.3. The molecule has 0 atom stereocenters. The van der Waals surface area contributed by atoms with Gasteiger partial charge in [-0.05, 0) is 41.0 Å². The van der Waals surface area contributed by atoms with Crippen LogP contribution in [0.3, 0.4) is 0 Å². The first kappa shape index (κ1) is 25.3. The molecule has 0 spiro atoms. The quantitative estimate of drug-likeness (QED) is 0.318. The van der Waals surface area contributed by atoms with Crippen molar-refractivity contribution in [1.29, 1.82) is 0 Å². The van der Waals surface area contributed by atoms with E-state index in [1.807, 2.05) is 20.8 Å². The first-order chi connectivity index (χ1) is 12.3. The average Bonchev–Trinajstić information content (AvgIpc) is 2.52. The molecule has 0 fully saturated rings. The highest BCUT2D eigenvalue weighted by molar-refractivity contribution is 5.90. The summed E-state index contributed by atoms with van der Waals surface area (Å²) in [6.07, 6.45) is -0.619. The molecule has 0 aromatic carbocycles. The fraction of sp³-hybridized carbons (Fsp3) is 0.833. The van der Waals surface area contributed by atoms with E-state index < -0.39 is 42.0 Å². The number of rotatable bonds is 11. The van der Waals surface area contributed by atoms with E-state index >= 15 is 0 Å². The second kappa shape index (κ2) is 10.6. The normalized spacial score (nSPS) is 12.4. The Morgan fingerprint density at radius 1 is 0.889 bits per heavy atom. The van der Waals surface area contributed by atoms with Crippen molar-refractivity contribution in [2.75, 3.05) is 27.9 Å². The highest BCUT2D eigenvalue weighted by Crippen LogP contribution is 2.32. The van der Waals surface area contributed by atoms with Crippen LogP contribution in [-0.2, 0) is 38.2 Å². The third kappa shape index (κ3) is 9.69. The highest BCUT2D eigenvalue weighted by atomic mass is 16.7. The minimum absolute atomic E-state index is 0.337. The van der Waals surface area contributed by atoms with Crippen LogP contribution in [0.2, 0.25) is 0 Å². The number of carbonyl (C=O) groups excluding carboxylic acids is 3. The molecule has 0 heterocycles. The van der Waals surface area contributed by atoms with Crippen LogP contribution in [0.1, 0.15) is 53.9 Å². The fourth-order valence-electron chi connectivity index (χ4n) is 2.30. The largest absolute Gasteiger partial charge is 0.469 e. The van der Waals surface area contributed by atoms with Gasteiger partial charge in [-0.25, -0.2) is 4.79 Å². The van der Waals surface area contributed by atoms with Crippen LogP contribution in [0.15, 0.2) is 0 Å². The summed E-state index contributed by atoms with van der Waals surface area (Å²) in [7, 11) is 3.73. The number of hydroxylamine groups is 1. The summed E-state index contributed by atoms with van der Waals surface area (Å²) in [5, 5.41) is 0. The van der Waals surface area contributed by atoms with Gasteiger partial charge in [0.1, 0.15) is 0 Å². The second-order valence-corrected chi connectivity index (χ2v) is 7.67. The summed E-state index contributed by atoms with van der Waals surface area (Å²) < 4.78 is 21.0. The maximum Gasteiger partial charge on any atom is 0.358 e. The molecule has 0 aromatic rings. The Morgan fingerprint density at radius 3 is 1.74 bits per heavy atom. The molecule has 0 radical (unpaired) electrons. The van der Waals surface area contributed by atoms with Crippen LogP contribution < -0.4 is 5.48 Å². The first-order valence-corrected chi connectivity index (χ1v) is 8.66. The monoisotopic (exact) mass is 391 g/mol. The molecule has 0 aliphatic rings. The van der Waals surface area contributed by atoms with Gasteiger partial charge >= 0.3 is 17.9 Å². The summed E-state index contributed by atoms with van der Waals surface area (Å²) in [5.74, 6) is -2.38. The average molecular weight is 391 g/mol. The van der Waals surface area contributed by atoms with Gasteiger partial charge in [0.15, 0.2) is 5.60 Å². The molecule has 0 bridgehead atoms. The van der Waals surface area contributed by atoms with Gasteiger partial charge in [0.25, 0.3) is 0 Å². The standard InChI is InChI=1S/C18H33NO8/c1-16(2,3)25-10-9-17(4,5)27-18(11-13(20)23-7,12-14(21)24-8)15(22)26-19-6/h19H,9-12H2,1-8H3. The SMILES string of the molecule is CNOC(=O)C(CC(=O)OC)(CC(=O)OC)OC(C)(C)CCOC(C)(C)C. The lowest BCUT2D eigenvalue weighted by Crippen LogP contribution is -2.52. The van der Waals surface area contributed by atoms with Crippen molar-refractivity contribution in [3.63, 3.8) is 0 Å². The molecule has 9 nitrogen and oxygen atoms in total. The van der Waals surface area contributed by atoms with E-state index in [1.165, 1.54) is 21.3 Å². The molecule has 0 rings (SSSR count). The molecule has 158 valence electrons.